The number of rotatable bonds is 3. The second-order valence-corrected chi connectivity index (χ2v) is 3.40. The van der Waals surface area contributed by atoms with Gasteiger partial charge in [-0.1, -0.05) is 0 Å². The van der Waals surface area contributed by atoms with Gasteiger partial charge in [0, 0.05) is 23.7 Å². The Morgan fingerprint density at radius 3 is 2.67 bits per heavy atom. The number of hydrogen-bond acceptors (Lipinski definition) is 2. The third kappa shape index (κ3) is 3.35. The van der Waals surface area contributed by atoms with E-state index in [1.807, 2.05) is 6.92 Å². The van der Waals surface area contributed by atoms with Crippen molar-refractivity contribution in [3.63, 3.8) is 0 Å². The minimum atomic E-state index is -0.127. The Kier molecular flexibility index (Phi) is 3.75. The quantitative estimate of drug-likeness (QED) is 0.575. The first-order valence-electron chi connectivity index (χ1n) is 4.73. The number of benzene rings is 1. The number of carbonyl (C=O) groups excluding carboxylic acids is 1. The van der Waals surface area contributed by atoms with E-state index in [1.165, 1.54) is 0 Å². The van der Waals surface area contributed by atoms with Crippen LogP contribution in [0.1, 0.15) is 23.7 Å². The molecule has 0 fully saturated rings. The van der Waals surface area contributed by atoms with Crippen LogP contribution in [0.5, 0.6) is 0 Å². The van der Waals surface area contributed by atoms with Gasteiger partial charge in [0.1, 0.15) is 0 Å². The molecule has 0 heterocycles. The fraction of sp³-hybridized carbons (Fsp3) is 0.250. The van der Waals surface area contributed by atoms with E-state index in [4.69, 9.17) is 12.2 Å². The highest BCUT2D eigenvalue weighted by atomic mass is 16.1. The number of terminal acetylenes is 1. The van der Waals surface area contributed by atoms with E-state index < -0.39 is 0 Å². The Bertz CT molecular complexity index is 376. The predicted octanol–water partition coefficient (Wildman–Crippen LogP) is 1.41. The summed E-state index contributed by atoms with van der Waals surface area (Å²) in [6, 6.07) is 6.75. The molecule has 3 heteroatoms. The molecular formula is C12H14N2O. The summed E-state index contributed by atoms with van der Waals surface area (Å²) < 4.78 is 0. The molecular weight excluding hydrogens is 188 g/mol. The second-order valence-electron chi connectivity index (χ2n) is 3.40. The van der Waals surface area contributed by atoms with Gasteiger partial charge < -0.3 is 11.1 Å². The SMILES string of the molecule is C#CCC(C)NC(=O)c1ccc(N)cc1. The second kappa shape index (κ2) is 5.06. The van der Waals surface area contributed by atoms with E-state index in [1.54, 1.807) is 24.3 Å². The minimum absolute atomic E-state index is 0.0138. The lowest BCUT2D eigenvalue weighted by atomic mass is 10.1. The van der Waals surface area contributed by atoms with Gasteiger partial charge in [-0.3, -0.25) is 4.79 Å². The normalized spacial score (nSPS) is 11.5. The third-order valence-corrected chi connectivity index (χ3v) is 1.97. The minimum Gasteiger partial charge on any atom is -0.399 e. The topological polar surface area (TPSA) is 55.1 Å². The molecule has 0 bridgehead atoms. The molecule has 1 aromatic rings. The van der Waals surface area contributed by atoms with Gasteiger partial charge in [-0.25, -0.2) is 0 Å². The lowest BCUT2D eigenvalue weighted by molar-refractivity contribution is 0.0941. The smallest absolute Gasteiger partial charge is 0.251 e. The van der Waals surface area contributed by atoms with E-state index in [9.17, 15) is 4.79 Å². The van der Waals surface area contributed by atoms with Crippen molar-refractivity contribution in [1.82, 2.24) is 5.32 Å². The van der Waals surface area contributed by atoms with Gasteiger partial charge in [0.05, 0.1) is 0 Å². The molecule has 1 aromatic carbocycles. The van der Waals surface area contributed by atoms with Gasteiger partial charge in [0.15, 0.2) is 0 Å². The summed E-state index contributed by atoms with van der Waals surface area (Å²) in [5.74, 6) is 2.37. The Morgan fingerprint density at radius 2 is 2.13 bits per heavy atom. The van der Waals surface area contributed by atoms with Crippen molar-refractivity contribution >= 4 is 11.6 Å². The van der Waals surface area contributed by atoms with Crippen LogP contribution in [-0.4, -0.2) is 11.9 Å². The number of anilines is 1. The van der Waals surface area contributed by atoms with Crippen molar-refractivity contribution in [3.05, 3.63) is 29.8 Å². The Morgan fingerprint density at radius 1 is 1.53 bits per heavy atom. The molecule has 1 amide bonds. The van der Waals surface area contributed by atoms with Gasteiger partial charge in [0.2, 0.25) is 0 Å². The molecule has 3 nitrogen and oxygen atoms in total. The summed E-state index contributed by atoms with van der Waals surface area (Å²) in [5.41, 5.74) is 6.75. The molecule has 1 atom stereocenters. The van der Waals surface area contributed by atoms with Crippen LogP contribution in [0.4, 0.5) is 5.69 Å². The maximum atomic E-state index is 11.6. The van der Waals surface area contributed by atoms with Crippen LogP contribution >= 0.6 is 0 Å². The lowest BCUT2D eigenvalue weighted by Gasteiger charge is -2.10. The lowest BCUT2D eigenvalue weighted by Crippen LogP contribution is -2.32. The van der Waals surface area contributed by atoms with E-state index in [0.29, 0.717) is 17.7 Å². The highest BCUT2D eigenvalue weighted by Gasteiger charge is 2.07. The van der Waals surface area contributed by atoms with Crippen LogP contribution in [-0.2, 0) is 0 Å². The number of amides is 1. The third-order valence-electron chi connectivity index (χ3n) is 1.97. The molecule has 78 valence electrons. The summed E-state index contributed by atoms with van der Waals surface area (Å²) in [7, 11) is 0. The fourth-order valence-corrected chi connectivity index (χ4v) is 1.17. The number of hydrogen-bond donors (Lipinski definition) is 2. The maximum Gasteiger partial charge on any atom is 0.251 e. The summed E-state index contributed by atoms with van der Waals surface area (Å²) in [6.45, 7) is 1.87. The molecule has 0 radical (unpaired) electrons. The molecule has 3 N–H and O–H groups in total. The number of nitrogen functional groups attached to an aromatic ring is 1. The highest BCUT2D eigenvalue weighted by molar-refractivity contribution is 5.94. The standard InChI is InChI=1S/C12H14N2O/c1-3-4-9(2)14-12(15)10-5-7-11(13)8-6-10/h1,5-9H,4,13H2,2H3,(H,14,15). The molecule has 0 aliphatic rings. The summed E-state index contributed by atoms with van der Waals surface area (Å²) in [4.78, 5) is 11.6. The predicted molar refractivity (Wildman–Crippen MR) is 61.2 cm³/mol. The van der Waals surface area contributed by atoms with Gasteiger partial charge in [-0.05, 0) is 31.2 Å². The van der Waals surface area contributed by atoms with Crippen molar-refractivity contribution in [3.8, 4) is 12.3 Å². The van der Waals surface area contributed by atoms with Gasteiger partial charge in [-0.2, -0.15) is 0 Å². The molecule has 15 heavy (non-hydrogen) atoms. The first kappa shape index (κ1) is 11.1. The van der Waals surface area contributed by atoms with Crippen LogP contribution < -0.4 is 11.1 Å². The zero-order valence-electron chi connectivity index (χ0n) is 8.66. The van der Waals surface area contributed by atoms with Gasteiger partial charge in [-0.15, -0.1) is 12.3 Å². The Balaban J connectivity index is 2.62. The van der Waals surface area contributed by atoms with E-state index >= 15 is 0 Å². The maximum absolute atomic E-state index is 11.6. The average molecular weight is 202 g/mol. The van der Waals surface area contributed by atoms with E-state index in [-0.39, 0.29) is 11.9 Å². The average Bonchev–Trinajstić information content (AvgIpc) is 2.18. The Labute approximate surface area is 89.7 Å². The van der Waals surface area contributed by atoms with Crippen molar-refractivity contribution < 1.29 is 4.79 Å². The van der Waals surface area contributed by atoms with Crippen LogP contribution in [0.3, 0.4) is 0 Å². The number of nitrogens with one attached hydrogen (secondary N) is 1. The van der Waals surface area contributed by atoms with Crippen molar-refractivity contribution in [2.75, 3.05) is 5.73 Å². The zero-order valence-corrected chi connectivity index (χ0v) is 8.66. The molecule has 0 saturated carbocycles. The van der Waals surface area contributed by atoms with Crippen LogP contribution in [0.25, 0.3) is 0 Å². The van der Waals surface area contributed by atoms with Crippen molar-refractivity contribution in [2.24, 2.45) is 0 Å². The van der Waals surface area contributed by atoms with Crippen molar-refractivity contribution in [2.45, 2.75) is 19.4 Å². The first-order chi connectivity index (χ1) is 7.13. The molecule has 0 spiro atoms. The monoisotopic (exact) mass is 202 g/mol. The van der Waals surface area contributed by atoms with Gasteiger partial charge in [0.25, 0.3) is 5.91 Å². The molecule has 0 saturated heterocycles. The largest absolute Gasteiger partial charge is 0.399 e. The first-order valence-corrected chi connectivity index (χ1v) is 4.73. The number of carbonyl (C=O) groups is 1. The zero-order chi connectivity index (χ0) is 11.3. The van der Waals surface area contributed by atoms with E-state index in [0.717, 1.165) is 0 Å². The molecule has 0 aromatic heterocycles. The highest BCUT2D eigenvalue weighted by Crippen LogP contribution is 2.05. The molecule has 0 aliphatic carbocycles. The van der Waals surface area contributed by atoms with Crippen LogP contribution in [0.15, 0.2) is 24.3 Å². The van der Waals surface area contributed by atoms with Crippen LogP contribution in [0.2, 0.25) is 0 Å². The molecule has 1 rings (SSSR count). The number of nitrogens with two attached hydrogens (primary N) is 1. The van der Waals surface area contributed by atoms with Crippen LogP contribution in [0, 0.1) is 12.3 Å². The van der Waals surface area contributed by atoms with E-state index in [2.05, 4.69) is 11.2 Å². The van der Waals surface area contributed by atoms with Gasteiger partial charge >= 0.3 is 0 Å². The van der Waals surface area contributed by atoms with Crippen molar-refractivity contribution in [1.29, 1.82) is 0 Å². The Hall–Kier alpha value is -1.95. The summed E-state index contributed by atoms with van der Waals surface area (Å²) in [5, 5.41) is 2.79. The summed E-state index contributed by atoms with van der Waals surface area (Å²) in [6.07, 6.45) is 5.67. The molecule has 1 unspecified atom stereocenters. The molecule has 0 aliphatic heterocycles. The summed E-state index contributed by atoms with van der Waals surface area (Å²) >= 11 is 0. The fourth-order valence-electron chi connectivity index (χ4n) is 1.17.